The Morgan fingerprint density at radius 1 is 1.05 bits per heavy atom. The quantitative estimate of drug-likeness (QED) is 0.530. The molecule has 19 heavy (non-hydrogen) atoms. The molecule has 3 N–H and O–H groups in total. The lowest BCUT2D eigenvalue weighted by molar-refractivity contribution is -0.138. The van der Waals surface area contributed by atoms with Crippen LogP contribution in [-0.4, -0.2) is 22.9 Å². The Balaban J connectivity index is 2.08. The largest absolute Gasteiger partial charge is 0.480 e. The first kappa shape index (κ1) is 15.4. The van der Waals surface area contributed by atoms with E-state index in [4.69, 9.17) is 10.8 Å². The van der Waals surface area contributed by atoms with E-state index in [1.54, 1.807) is 0 Å². The third-order valence-electron chi connectivity index (χ3n) is 3.08. The van der Waals surface area contributed by atoms with E-state index in [9.17, 15) is 9.59 Å². The normalized spacial score (nSPS) is 12.1. The van der Waals surface area contributed by atoms with Crippen molar-refractivity contribution in [1.29, 1.82) is 0 Å². The Labute approximate surface area is 113 Å². The van der Waals surface area contributed by atoms with Crippen molar-refractivity contribution in [1.82, 2.24) is 0 Å². The van der Waals surface area contributed by atoms with Crippen molar-refractivity contribution < 1.29 is 14.7 Å². The molecule has 1 aromatic carbocycles. The first-order chi connectivity index (χ1) is 9.11. The number of carbonyl (C=O) groups excluding carboxylic acids is 1. The van der Waals surface area contributed by atoms with Gasteiger partial charge in [0, 0.05) is 12.0 Å². The zero-order valence-corrected chi connectivity index (χ0v) is 11.0. The van der Waals surface area contributed by atoms with Gasteiger partial charge in [0.15, 0.2) is 5.78 Å². The van der Waals surface area contributed by atoms with Crippen LogP contribution in [0.25, 0.3) is 0 Å². The van der Waals surface area contributed by atoms with Gasteiger partial charge in [0.2, 0.25) is 0 Å². The zero-order valence-electron chi connectivity index (χ0n) is 11.0. The van der Waals surface area contributed by atoms with Gasteiger partial charge in [-0.1, -0.05) is 49.6 Å². The van der Waals surface area contributed by atoms with E-state index in [1.165, 1.54) is 0 Å². The van der Waals surface area contributed by atoms with E-state index in [1.807, 2.05) is 30.3 Å². The Bertz CT molecular complexity index is 403. The van der Waals surface area contributed by atoms with E-state index < -0.39 is 12.0 Å². The van der Waals surface area contributed by atoms with Crippen LogP contribution in [0, 0.1) is 0 Å². The number of ketones is 1. The Hall–Kier alpha value is -1.68. The monoisotopic (exact) mass is 263 g/mol. The lowest BCUT2D eigenvalue weighted by Crippen LogP contribution is -2.29. The van der Waals surface area contributed by atoms with Gasteiger partial charge in [-0.15, -0.1) is 0 Å². The van der Waals surface area contributed by atoms with Gasteiger partial charge in [0.05, 0.1) is 0 Å². The fraction of sp³-hybridized carbons (Fsp3) is 0.467. The Kier molecular flexibility index (Phi) is 6.82. The summed E-state index contributed by atoms with van der Waals surface area (Å²) in [5.74, 6) is -0.776. The van der Waals surface area contributed by atoms with Gasteiger partial charge in [-0.25, -0.2) is 0 Å². The molecular formula is C15H21NO3. The van der Waals surface area contributed by atoms with Crippen molar-refractivity contribution in [2.45, 2.75) is 44.6 Å². The molecule has 0 saturated heterocycles. The van der Waals surface area contributed by atoms with Crippen LogP contribution in [-0.2, 0) is 4.79 Å². The summed E-state index contributed by atoms with van der Waals surface area (Å²) in [4.78, 5) is 22.3. The van der Waals surface area contributed by atoms with Crippen LogP contribution in [0.2, 0.25) is 0 Å². The van der Waals surface area contributed by atoms with Crippen LogP contribution >= 0.6 is 0 Å². The molecule has 0 amide bonds. The second-order valence-corrected chi connectivity index (χ2v) is 4.69. The van der Waals surface area contributed by atoms with Crippen molar-refractivity contribution in [3.63, 3.8) is 0 Å². The highest BCUT2D eigenvalue weighted by Crippen LogP contribution is 2.10. The number of carbonyl (C=O) groups is 2. The molecule has 0 fully saturated rings. The summed E-state index contributed by atoms with van der Waals surface area (Å²) in [6, 6.07) is 8.51. The molecule has 0 saturated carbocycles. The number of unbranched alkanes of at least 4 members (excludes halogenated alkanes) is 3. The zero-order chi connectivity index (χ0) is 14.1. The number of carboxylic acids is 1. The number of carboxylic acid groups (broad SMARTS) is 1. The van der Waals surface area contributed by atoms with E-state index >= 15 is 0 Å². The lowest BCUT2D eigenvalue weighted by Gasteiger charge is -2.05. The summed E-state index contributed by atoms with van der Waals surface area (Å²) in [6.45, 7) is 0. The number of hydrogen-bond acceptors (Lipinski definition) is 3. The van der Waals surface area contributed by atoms with E-state index in [-0.39, 0.29) is 5.78 Å². The second-order valence-electron chi connectivity index (χ2n) is 4.69. The number of hydrogen-bond donors (Lipinski definition) is 2. The van der Waals surface area contributed by atoms with E-state index in [0.29, 0.717) is 12.8 Å². The van der Waals surface area contributed by atoms with Crippen LogP contribution < -0.4 is 5.73 Å². The lowest BCUT2D eigenvalue weighted by atomic mass is 10.0. The fourth-order valence-corrected chi connectivity index (χ4v) is 1.90. The van der Waals surface area contributed by atoms with Crippen molar-refractivity contribution in [3.8, 4) is 0 Å². The SMILES string of the molecule is NC(CCCCCCC(=O)c1ccccc1)C(=O)O. The van der Waals surface area contributed by atoms with Crippen LogP contribution in [0.1, 0.15) is 48.9 Å². The van der Waals surface area contributed by atoms with Gasteiger partial charge < -0.3 is 10.8 Å². The molecule has 0 aliphatic carbocycles. The molecule has 1 atom stereocenters. The van der Waals surface area contributed by atoms with Crippen molar-refractivity contribution in [2.75, 3.05) is 0 Å². The third kappa shape index (κ3) is 6.15. The van der Waals surface area contributed by atoms with Crippen LogP contribution in [0.15, 0.2) is 30.3 Å². The summed E-state index contributed by atoms with van der Waals surface area (Å²) in [5, 5.41) is 8.61. The summed E-state index contributed by atoms with van der Waals surface area (Å²) in [5.41, 5.74) is 6.16. The minimum absolute atomic E-state index is 0.169. The van der Waals surface area contributed by atoms with Crippen LogP contribution in [0.4, 0.5) is 0 Å². The molecule has 4 heteroatoms. The van der Waals surface area contributed by atoms with E-state index in [2.05, 4.69) is 0 Å². The molecule has 1 rings (SSSR count). The fourth-order valence-electron chi connectivity index (χ4n) is 1.90. The first-order valence-corrected chi connectivity index (χ1v) is 6.68. The molecule has 0 heterocycles. The van der Waals surface area contributed by atoms with Crippen molar-refractivity contribution in [3.05, 3.63) is 35.9 Å². The predicted molar refractivity (Wildman–Crippen MR) is 74.1 cm³/mol. The van der Waals surface area contributed by atoms with Gasteiger partial charge in [0.1, 0.15) is 6.04 Å². The maximum Gasteiger partial charge on any atom is 0.320 e. The van der Waals surface area contributed by atoms with Crippen LogP contribution in [0.3, 0.4) is 0 Å². The predicted octanol–water partition coefficient (Wildman–Crippen LogP) is 2.62. The highest BCUT2D eigenvalue weighted by molar-refractivity contribution is 5.95. The molecule has 104 valence electrons. The van der Waals surface area contributed by atoms with Crippen molar-refractivity contribution in [2.24, 2.45) is 5.73 Å². The minimum atomic E-state index is -0.945. The Morgan fingerprint density at radius 2 is 1.68 bits per heavy atom. The first-order valence-electron chi connectivity index (χ1n) is 6.68. The molecule has 0 bridgehead atoms. The molecule has 4 nitrogen and oxygen atoms in total. The third-order valence-corrected chi connectivity index (χ3v) is 3.08. The molecular weight excluding hydrogens is 242 g/mol. The highest BCUT2D eigenvalue weighted by Gasteiger charge is 2.10. The topological polar surface area (TPSA) is 80.4 Å². The average Bonchev–Trinajstić information content (AvgIpc) is 2.42. The van der Waals surface area contributed by atoms with Gasteiger partial charge in [-0.05, 0) is 12.8 Å². The van der Waals surface area contributed by atoms with Gasteiger partial charge in [0.25, 0.3) is 0 Å². The van der Waals surface area contributed by atoms with Gasteiger partial charge >= 0.3 is 5.97 Å². The average molecular weight is 263 g/mol. The standard InChI is InChI=1S/C15H21NO3/c16-13(15(18)19)10-6-1-2-7-11-14(17)12-8-4-3-5-9-12/h3-5,8-9,13H,1-2,6-7,10-11,16H2,(H,18,19). The maximum atomic E-state index is 11.8. The summed E-state index contributed by atoms with van der Waals surface area (Å²) >= 11 is 0. The second kappa shape index (κ2) is 8.43. The minimum Gasteiger partial charge on any atom is -0.480 e. The number of benzene rings is 1. The molecule has 0 aliphatic rings. The summed E-state index contributed by atoms with van der Waals surface area (Å²) in [6.07, 6.45) is 4.55. The van der Waals surface area contributed by atoms with Gasteiger partial charge in [-0.3, -0.25) is 9.59 Å². The van der Waals surface area contributed by atoms with Crippen molar-refractivity contribution >= 4 is 11.8 Å². The number of nitrogens with two attached hydrogens (primary N) is 1. The number of aliphatic carboxylic acids is 1. The number of rotatable bonds is 9. The maximum absolute atomic E-state index is 11.8. The summed E-state index contributed by atoms with van der Waals surface area (Å²) in [7, 11) is 0. The number of Topliss-reactive ketones (excluding diaryl/α,β-unsaturated/α-hetero) is 1. The molecule has 1 aromatic rings. The molecule has 0 spiro atoms. The molecule has 0 aliphatic heterocycles. The highest BCUT2D eigenvalue weighted by atomic mass is 16.4. The van der Waals surface area contributed by atoms with Crippen LogP contribution in [0.5, 0.6) is 0 Å². The summed E-state index contributed by atoms with van der Waals surface area (Å²) < 4.78 is 0. The van der Waals surface area contributed by atoms with Gasteiger partial charge in [-0.2, -0.15) is 0 Å². The smallest absolute Gasteiger partial charge is 0.320 e. The molecule has 1 unspecified atom stereocenters. The molecule has 0 aromatic heterocycles. The Morgan fingerprint density at radius 3 is 2.32 bits per heavy atom. The molecule has 0 radical (unpaired) electrons. The van der Waals surface area contributed by atoms with E-state index in [0.717, 1.165) is 31.2 Å².